The van der Waals surface area contributed by atoms with Crippen molar-refractivity contribution in [3.63, 3.8) is 0 Å². The van der Waals surface area contributed by atoms with Crippen LogP contribution in [0.4, 0.5) is 0 Å². The lowest BCUT2D eigenvalue weighted by atomic mass is 9.69. The molecule has 2 unspecified atom stereocenters. The minimum Gasteiger partial charge on any atom is -0.348 e. The van der Waals surface area contributed by atoms with E-state index >= 15 is 0 Å². The molecule has 1 heterocycles. The third-order valence-electron chi connectivity index (χ3n) is 5.17. The SMILES string of the molecule is C1CCC2CC3(CCC2C1)OCCO3.CCC(C)C. The molecule has 0 aromatic rings. The van der Waals surface area contributed by atoms with Gasteiger partial charge in [0.15, 0.2) is 5.79 Å². The van der Waals surface area contributed by atoms with E-state index in [1.807, 2.05) is 0 Å². The molecule has 3 fully saturated rings. The highest BCUT2D eigenvalue weighted by Crippen LogP contribution is 2.47. The summed E-state index contributed by atoms with van der Waals surface area (Å²) >= 11 is 0. The third kappa shape index (κ3) is 4.19. The summed E-state index contributed by atoms with van der Waals surface area (Å²) in [5.74, 6) is 2.63. The number of rotatable bonds is 1. The van der Waals surface area contributed by atoms with Crippen LogP contribution in [0.3, 0.4) is 0 Å². The van der Waals surface area contributed by atoms with Gasteiger partial charge in [-0.25, -0.2) is 0 Å². The first kappa shape index (κ1) is 15.3. The Kier molecular flexibility index (Phi) is 5.70. The van der Waals surface area contributed by atoms with Gasteiger partial charge < -0.3 is 9.47 Å². The summed E-state index contributed by atoms with van der Waals surface area (Å²) in [5.41, 5.74) is 0. The molecule has 0 aromatic carbocycles. The zero-order valence-electron chi connectivity index (χ0n) is 13.1. The fourth-order valence-corrected chi connectivity index (χ4v) is 3.60. The van der Waals surface area contributed by atoms with Crippen molar-refractivity contribution >= 4 is 0 Å². The van der Waals surface area contributed by atoms with E-state index in [-0.39, 0.29) is 5.79 Å². The van der Waals surface area contributed by atoms with Crippen molar-refractivity contribution in [2.75, 3.05) is 13.2 Å². The second-order valence-corrected chi connectivity index (χ2v) is 6.96. The summed E-state index contributed by atoms with van der Waals surface area (Å²) in [5, 5.41) is 0. The maximum atomic E-state index is 5.81. The predicted molar refractivity (Wildman–Crippen MR) is 79.1 cm³/mol. The Bertz CT molecular complexity index is 256. The summed E-state index contributed by atoms with van der Waals surface area (Å²) in [6.45, 7) is 8.28. The Labute approximate surface area is 119 Å². The van der Waals surface area contributed by atoms with Gasteiger partial charge in [-0.15, -0.1) is 0 Å². The monoisotopic (exact) mass is 268 g/mol. The quantitative estimate of drug-likeness (QED) is 0.682. The molecule has 2 atom stereocenters. The molecule has 0 N–H and O–H groups in total. The second kappa shape index (κ2) is 7.08. The lowest BCUT2D eigenvalue weighted by Gasteiger charge is -2.43. The Balaban J connectivity index is 0.000000232. The average molecular weight is 268 g/mol. The molecule has 1 aliphatic heterocycles. The van der Waals surface area contributed by atoms with E-state index in [0.717, 1.165) is 37.4 Å². The van der Waals surface area contributed by atoms with E-state index in [9.17, 15) is 0 Å². The predicted octanol–water partition coefficient (Wildman–Crippen LogP) is 4.77. The van der Waals surface area contributed by atoms with Crippen molar-refractivity contribution in [2.45, 2.75) is 77.9 Å². The highest BCUT2D eigenvalue weighted by atomic mass is 16.7. The minimum atomic E-state index is -0.140. The molecule has 0 bridgehead atoms. The molecule has 3 rings (SSSR count). The number of fused-ring (bicyclic) bond motifs is 1. The van der Waals surface area contributed by atoms with Crippen LogP contribution in [0.2, 0.25) is 0 Å². The zero-order chi connectivity index (χ0) is 13.7. The van der Waals surface area contributed by atoms with Crippen LogP contribution in [0.25, 0.3) is 0 Å². The molecule has 0 aromatic heterocycles. The average Bonchev–Trinajstić information content (AvgIpc) is 2.87. The maximum absolute atomic E-state index is 5.81. The minimum absolute atomic E-state index is 0.140. The fraction of sp³-hybridized carbons (Fsp3) is 1.00. The van der Waals surface area contributed by atoms with Crippen LogP contribution >= 0.6 is 0 Å². The Morgan fingerprint density at radius 1 is 1.00 bits per heavy atom. The van der Waals surface area contributed by atoms with Crippen LogP contribution < -0.4 is 0 Å². The van der Waals surface area contributed by atoms with Crippen LogP contribution in [0.15, 0.2) is 0 Å². The summed E-state index contributed by atoms with van der Waals surface area (Å²) < 4.78 is 11.6. The highest BCUT2D eigenvalue weighted by Gasteiger charge is 2.45. The van der Waals surface area contributed by atoms with Crippen molar-refractivity contribution in [3.05, 3.63) is 0 Å². The third-order valence-corrected chi connectivity index (χ3v) is 5.17. The van der Waals surface area contributed by atoms with Gasteiger partial charge in [-0.3, -0.25) is 0 Å². The normalized spacial score (nSPS) is 32.8. The van der Waals surface area contributed by atoms with E-state index in [2.05, 4.69) is 20.8 Å². The molecule has 2 aliphatic carbocycles. The number of hydrogen-bond donors (Lipinski definition) is 0. The van der Waals surface area contributed by atoms with Gasteiger partial charge in [0.2, 0.25) is 0 Å². The van der Waals surface area contributed by atoms with Gasteiger partial charge in [-0.05, 0) is 30.6 Å². The molecule has 2 heteroatoms. The first-order valence-electron chi connectivity index (χ1n) is 8.43. The maximum Gasteiger partial charge on any atom is 0.168 e. The molecule has 112 valence electrons. The molecule has 19 heavy (non-hydrogen) atoms. The van der Waals surface area contributed by atoms with E-state index in [1.165, 1.54) is 44.9 Å². The number of ether oxygens (including phenoxy) is 2. The lowest BCUT2D eigenvalue weighted by Crippen LogP contribution is -2.41. The summed E-state index contributed by atoms with van der Waals surface area (Å²) in [7, 11) is 0. The first-order chi connectivity index (χ1) is 9.15. The van der Waals surface area contributed by atoms with Crippen molar-refractivity contribution in [1.29, 1.82) is 0 Å². The highest BCUT2D eigenvalue weighted by molar-refractivity contribution is 4.89. The molecule has 2 saturated carbocycles. The van der Waals surface area contributed by atoms with Gasteiger partial charge in [0.25, 0.3) is 0 Å². The molecule has 1 saturated heterocycles. The molecule has 1 spiro atoms. The van der Waals surface area contributed by atoms with Crippen molar-refractivity contribution in [1.82, 2.24) is 0 Å². The Morgan fingerprint density at radius 2 is 1.58 bits per heavy atom. The van der Waals surface area contributed by atoms with Crippen molar-refractivity contribution < 1.29 is 9.47 Å². The molecular formula is C17H32O2. The van der Waals surface area contributed by atoms with Gasteiger partial charge >= 0.3 is 0 Å². The van der Waals surface area contributed by atoms with Crippen LogP contribution in [0.1, 0.15) is 72.1 Å². The number of hydrogen-bond acceptors (Lipinski definition) is 2. The molecular weight excluding hydrogens is 236 g/mol. The van der Waals surface area contributed by atoms with Gasteiger partial charge in [0.05, 0.1) is 13.2 Å². The van der Waals surface area contributed by atoms with Crippen LogP contribution in [-0.4, -0.2) is 19.0 Å². The smallest absolute Gasteiger partial charge is 0.168 e. The van der Waals surface area contributed by atoms with Gasteiger partial charge in [-0.2, -0.15) is 0 Å². The largest absolute Gasteiger partial charge is 0.348 e. The Hall–Kier alpha value is -0.0800. The fourth-order valence-electron chi connectivity index (χ4n) is 3.60. The summed E-state index contributed by atoms with van der Waals surface area (Å²) in [6, 6.07) is 0. The van der Waals surface area contributed by atoms with E-state index in [0.29, 0.717) is 0 Å². The zero-order valence-corrected chi connectivity index (χ0v) is 13.1. The summed E-state index contributed by atoms with van der Waals surface area (Å²) in [4.78, 5) is 0. The summed E-state index contributed by atoms with van der Waals surface area (Å²) in [6.07, 6.45) is 10.7. The van der Waals surface area contributed by atoms with Crippen molar-refractivity contribution in [2.24, 2.45) is 17.8 Å². The molecule has 0 radical (unpaired) electrons. The second-order valence-electron chi connectivity index (χ2n) is 6.96. The molecule has 2 nitrogen and oxygen atoms in total. The van der Waals surface area contributed by atoms with Crippen LogP contribution in [0.5, 0.6) is 0 Å². The van der Waals surface area contributed by atoms with Crippen LogP contribution in [-0.2, 0) is 9.47 Å². The topological polar surface area (TPSA) is 18.5 Å². The van der Waals surface area contributed by atoms with Gasteiger partial charge in [0, 0.05) is 12.8 Å². The standard InChI is InChI=1S/C12H20O2.C5H12/c1-2-4-11-9-12(13-7-8-14-12)6-5-10(11)3-1;1-4-5(2)3/h10-11H,1-9H2;5H,4H2,1-3H3. The van der Waals surface area contributed by atoms with E-state index in [4.69, 9.17) is 9.47 Å². The molecule has 3 aliphatic rings. The van der Waals surface area contributed by atoms with E-state index in [1.54, 1.807) is 0 Å². The first-order valence-corrected chi connectivity index (χ1v) is 8.43. The lowest BCUT2D eigenvalue weighted by molar-refractivity contribution is -0.197. The Morgan fingerprint density at radius 3 is 2.16 bits per heavy atom. The van der Waals surface area contributed by atoms with Crippen molar-refractivity contribution in [3.8, 4) is 0 Å². The van der Waals surface area contributed by atoms with Crippen LogP contribution in [0, 0.1) is 17.8 Å². The van der Waals surface area contributed by atoms with E-state index < -0.39 is 0 Å². The van der Waals surface area contributed by atoms with Gasteiger partial charge in [-0.1, -0.05) is 46.5 Å². The van der Waals surface area contributed by atoms with Gasteiger partial charge in [0.1, 0.15) is 0 Å². The molecule has 0 amide bonds.